The topological polar surface area (TPSA) is 173 Å². The Balaban J connectivity index is 0.000000192. The van der Waals surface area contributed by atoms with Crippen LogP contribution in [0.4, 0.5) is 0 Å². The highest BCUT2D eigenvalue weighted by Crippen LogP contribution is 2.29. The number of phenolic OH excluding ortho intramolecular Hbond substituents is 1. The van der Waals surface area contributed by atoms with Crippen LogP contribution in [0.2, 0.25) is 0 Å². The Hall–Kier alpha value is -9.04. The van der Waals surface area contributed by atoms with Gasteiger partial charge in [0.15, 0.2) is 0 Å². The number of hydrogen-bond acceptors (Lipinski definition) is 12. The lowest BCUT2D eigenvalue weighted by Crippen LogP contribution is -2.12. The highest BCUT2D eigenvalue weighted by Gasteiger charge is 2.16. The summed E-state index contributed by atoms with van der Waals surface area (Å²) in [5, 5.41) is 21.8. The highest BCUT2D eigenvalue weighted by atomic mass is 16.5. The monoisotopic (exact) mass is 1090 g/mol. The van der Waals surface area contributed by atoms with Crippen LogP contribution < -0.4 is 23.7 Å². The molecule has 2 N–H and O–H groups in total. The van der Waals surface area contributed by atoms with E-state index >= 15 is 0 Å². The molecule has 10 rings (SSSR count). The summed E-state index contributed by atoms with van der Waals surface area (Å²) in [6.45, 7) is 15.9. The van der Waals surface area contributed by atoms with Crippen LogP contribution in [-0.4, -0.2) is 60.5 Å². The Morgan fingerprint density at radius 1 is 0.481 bits per heavy atom. The summed E-state index contributed by atoms with van der Waals surface area (Å²) in [6, 6.07) is 51.2. The largest absolute Gasteiger partial charge is 0.508 e. The molecule has 2 aliphatic heterocycles. The van der Waals surface area contributed by atoms with Gasteiger partial charge >= 0.3 is 23.9 Å². The second-order valence-corrected chi connectivity index (χ2v) is 18.6. The number of aromatic carboxylic acids is 1. The van der Waals surface area contributed by atoms with Crippen LogP contribution in [-0.2, 0) is 45.1 Å². The predicted octanol–water partition coefficient (Wildman–Crippen LogP) is 14.8. The minimum absolute atomic E-state index is 0.221. The van der Waals surface area contributed by atoms with Gasteiger partial charge in [0.25, 0.3) is 0 Å². The number of aryl methyl sites for hydroxylation is 2. The molecule has 2 aliphatic rings. The van der Waals surface area contributed by atoms with Crippen molar-refractivity contribution in [2.24, 2.45) is 0 Å². The van der Waals surface area contributed by atoms with Crippen molar-refractivity contribution in [2.75, 3.05) is 26.4 Å². The number of fused-ring (bicyclic) bond motifs is 2. The zero-order chi connectivity index (χ0) is 57.6. The van der Waals surface area contributed by atoms with E-state index < -0.39 is 23.9 Å². The maximum atomic E-state index is 13.0. The molecule has 0 aliphatic carbocycles. The van der Waals surface area contributed by atoms with E-state index in [1.54, 1.807) is 84.9 Å². The summed E-state index contributed by atoms with van der Waals surface area (Å²) in [4.78, 5) is 46.3. The predicted molar refractivity (Wildman–Crippen MR) is 316 cm³/mol. The fourth-order valence-corrected chi connectivity index (χ4v) is 8.19. The molecule has 0 atom stereocenters. The number of carbonyl (C=O) groups excluding carboxylic acids is 3. The van der Waals surface area contributed by atoms with Crippen molar-refractivity contribution >= 4 is 45.4 Å². The van der Waals surface area contributed by atoms with Gasteiger partial charge < -0.3 is 43.4 Å². The van der Waals surface area contributed by atoms with Crippen molar-refractivity contribution in [3.63, 3.8) is 0 Å². The van der Waals surface area contributed by atoms with Crippen LogP contribution in [0.5, 0.6) is 34.5 Å². The lowest BCUT2D eigenvalue weighted by molar-refractivity contribution is -0.129. The number of phenols is 1. The average Bonchev–Trinajstić information content (AvgIpc) is 4.36. The lowest BCUT2D eigenvalue weighted by atomic mass is 10.0. The molecule has 0 amide bonds. The molecule has 8 aromatic carbocycles. The van der Waals surface area contributed by atoms with Crippen LogP contribution in [0.3, 0.4) is 0 Å². The van der Waals surface area contributed by atoms with E-state index in [1.807, 2.05) is 78.9 Å². The van der Waals surface area contributed by atoms with Gasteiger partial charge in [0.05, 0.1) is 11.1 Å². The van der Waals surface area contributed by atoms with Gasteiger partial charge in [-0.2, -0.15) is 0 Å². The van der Waals surface area contributed by atoms with E-state index in [-0.39, 0.29) is 5.56 Å². The molecule has 13 heteroatoms. The summed E-state index contributed by atoms with van der Waals surface area (Å²) >= 11 is 0. The van der Waals surface area contributed by atoms with Gasteiger partial charge in [-0.15, -0.1) is 0 Å². The number of carbonyl (C=O) groups is 4. The quantitative estimate of drug-likeness (QED) is 0.0501. The third kappa shape index (κ3) is 20.9. The highest BCUT2D eigenvalue weighted by molar-refractivity contribution is 5.96. The van der Waals surface area contributed by atoms with Gasteiger partial charge in [-0.25, -0.2) is 19.2 Å². The maximum Gasteiger partial charge on any atom is 0.343 e. The van der Waals surface area contributed by atoms with Crippen molar-refractivity contribution in [3.05, 3.63) is 229 Å². The van der Waals surface area contributed by atoms with Gasteiger partial charge in [0.2, 0.25) is 0 Å². The fraction of sp³-hybridized carbons (Fsp3) is 0.235. The number of hydrogen-bond donors (Lipinski definition) is 2. The first kappa shape index (κ1) is 61.2. The molecule has 8 aromatic rings. The molecule has 0 spiro atoms. The van der Waals surface area contributed by atoms with Crippen LogP contribution in [0, 0.1) is 0 Å². The first-order valence-corrected chi connectivity index (χ1v) is 27.1. The minimum atomic E-state index is -0.973. The zero-order valence-electron chi connectivity index (χ0n) is 46.0. The van der Waals surface area contributed by atoms with Crippen LogP contribution in [0.15, 0.2) is 195 Å². The number of esters is 3. The van der Waals surface area contributed by atoms with E-state index in [4.69, 9.17) is 38.3 Å². The van der Waals surface area contributed by atoms with Crippen molar-refractivity contribution in [1.82, 2.24) is 0 Å². The number of aromatic hydroxyl groups is 1. The van der Waals surface area contributed by atoms with Crippen molar-refractivity contribution in [3.8, 4) is 34.5 Å². The average molecular weight is 1100 g/mol. The molecule has 0 unspecified atom stereocenters. The maximum absolute atomic E-state index is 13.0. The molecule has 0 aromatic heterocycles. The van der Waals surface area contributed by atoms with Gasteiger partial charge in [0, 0.05) is 38.6 Å². The molecule has 2 saturated heterocycles. The van der Waals surface area contributed by atoms with Gasteiger partial charge in [0.1, 0.15) is 47.7 Å². The number of carboxylic acids is 1. The summed E-state index contributed by atoms with van der Waals surface area (Å²) in [7, 11) is 0. The minimum Gasteiger partial charge on any atom is -0.508 e. The Bertz CT molecular complexity index is 3280. The Kier molecular flexibility index (Phi) is 25.2. The molecule has 0 saturated carbocycles. The Morgan fingerprint density at radius 3 is 1.32 bits per heavy atom. The van der Waals surface area contributed by atoms with Gasteiger partial charge in [-0.1, -0.05) is 125 Å². The van der Waals surface area contributed by atoms with E-state index in [0.717, 1.165) is 114 Å². The molecular weight excluding hydrogens is 1020 g/mol. The second-order valence-electron chi connectivity index (χ2n) is 18.6. The second kappa shape index (κ2) is 33.4. The van der Waals surface area contributed by atoms with Crippen molar-refractivity contribution in [1.29, 1.82) is 0 Å². The molecular formula is C68H70O13. The molecule has 0 bridgehead atoms. The molecule has 0 radical (unpaired) electrons. The summed E-state index contributed by atoms with van der Waals surface area (Å²) in [5.41, 5.74) is 4.79. The van der Waals surface area contributed by atoms with E-state index in [2.05, 4.69) is 27.0 Å². The van der Waals surface area contributed by atoms with Crippen LogP contribution in [0.25, 0.3) is 21.5 Å². The third-order valence-corrected chi connectivity index (χ3v) is 12.4. The molecule has 2 fully saturated rings. The standard InChI is InChI=1S/C30H26O5.C16H18O2.C14H10O4.2C4H8O/c1-3-8-24-19-25(33-20-21-9-6-5-7-10-21)15-16-28(24)30(32)35-27-14-12-22-17-26(34-29(31)4-2)13-11-23(22)18-27;1-2-6-14-11-15(9-10-16(14)17)18-12-13-7-4-3-5-8-13;1-2-13(15)18-12-6-5-9-7-11(14(16)17)4-3-10(9)8-12;2*1-2-4-5-3-1/h4-7,9-19H,2-3,8,20H2,1H3;3-5,7-11,17H,2,6,12H2,1H3;2-8H,1H2,(H,16,17);2*1-4H2. The first-order valence-electron chi connectivity index (χ1n) is 27.1. The smallest absolute Gasteiger partial charge is 0.343 e. The summed E-state index contributed by atoms with van der Waals surface area (Å²) in [6.07, 6.45) is 10.8. The van der Waals surface area contributed by atoms with Crippen molar-refractivity contribution < 1.29 is 62.5 Å². The van der Waals surface area contributed by atoms with Gasteiger partial charge in [-0.05, 0) is 167 Å². The Morgan fingerprint density at radius 2 is 0.889 bits per heavy atom. The SMILES string of the molecule is C1CCOC1.C1CCOC1.C=CC(=O)Oc1ccc2cc(C(=O)O)ccc2c1.C=CC(=O)Oc1ccc2cc(OC(=O)c3ccc(OCc4ccccc4)cc3CCC)ccc2c1.CCCc1cc(OCc2ccccc2)ccc1O. The van der Waals surface area contributed by atoms with Crippen molar-refractivity contribution in [2.45, 2.75) is 78.4 Å². The van der Waals surface area contributed by atoms with Crippen LogP contribution in [0.1, 0.15) is 95.3 Å². The molecule has 81 heavy (non-hydrogen) atoms. The van der Waals surface area contributed by atoms with E-state index in [0.29, 0.717) is 47.5 Å². The normalized spacial score (nSPS) is 12.0. The third-order valence-electron chi connectivity index (χ3n) is 12.4. The fourth-order valence-electron chi connectivity index (χ4n) is 8.19. The number of ether oxygens (including phenoxy) is 7. The zero-order valence-corrected chi connectivity index (χ0v) is 46.0. The number of rotatable bonds is 17. The summed E-state index contributed by atoms with van der Waals surface area (Å²) < 4.78 is 37.4. The number of benzene rings is 8. The Labute approximate surface area is 474 Å². The molecule has 2 heterocycles. The summed E-state index contributed by atoms with van der Waals surface area (Å²) in [5.74, 6) is 0.687. The lowest BCUT2D eigenvalue weighted by Gasteiger charge is -2.13. The number of carboxylic acid groups (broad SMARTS) is 1. The van der Waals surface area contributed by atoms with Gasteiger partial charge in [-0.3, -0.25) is 0 Å². The molecule has 13 nitrogen and oxygen atoms in total. The van der Waals surface area contributed by atoms with E-state index in [9.17, 15) is 24.3 Å². The van der Waals surface area contributed by atoms with E-state index in [1.165, 1.54) is 31.7 Å². The van der Waals surface area contributed by atoms with Crippen LogP contribution >= 0.6 is 0 Å². The first-order chi connectivity index (χ1) is 39.4. The molecule has 420 valence electrons.